The number of fused-ring (bicyclic) bond motifs is 1. The Bertz CT molecular complexity index is 1390. The van der Waals surface area contributed by atoms with Gasteiger partial charge >= 0.3 is 0 Å². The zero-order valence-electron chi connectivity index (χ0n) is 19.0. The highest BCUT2D eigenvalue weighted by Gasteiger charge is 2.40. The topological polar surface area (TPSA) is 122 Å². The van der Waals surface area contributed by atoms with Crippen molar-refractivity contribution in [3.8, 4) is 11.5 Å². The van der Waals surface area contributed by atoms with E-state index in [0.717, 1.165) is 17.4 Å². The van der Waals surface area contributed by atoms with Crippen LogP contribution in [0.15, 0.2) is 64.6 Å². The molecular weight excluding hydrogens is 494 g/mol. The SMILES string of the molecule is CS(=O)(=O)N[C@H](C(=O)N1CC2=C(C1)CN(S(=O)(=O)c1ccc3c(c1)OCCO3)C2)c1ccccc1. The molecule has 0 bridgehead atoms. The summed E-state index contributed by atoms with van der Waals surface area (Å²) in [7, 11) is -7.42. The van der Waals surface area contributed by atoms with E-state index in [2.05, 4.69) is 4.72 Å². The van der Waals surface area contributed by atoms with Crippen molar-refractivity contribution in [2.45, 2.75) is 10.9 Å². The minimum absolute atomic E-state index is 0.123. The van der Waals surface area contributed by atoms with E-state index in [9.17, 15) is 21.6 Å². The Labute approximate surface area is 204 Å². The lowest BCUT2D eigenvalue weighted by molar-refractivity contribution is -0.132. The second kappa shape index (κ2) is 8.94. The van der Waals surface area contributed by atoms with Crippen molar-refractivity contribution in [2.75, 3.05) is 45.6 Å². The Kier molecular flexibility index (Phi) is 6.08. The van der Waals surface area contributed by atoms with Gasteiger partial charge in [-0.25, -0.2) is 16.8 Å². The number of nitrogens with zero attached hydrogens (tertiary/aromatic N) is 2. The molecule has 0 fully saturated rings. The van der Waals surface area contributed by atoms with E-state index in [4.69, 9.17) is 9.47 Å². The molecule has 186 valence electrons. The molecule has 3 aliphatic heterocycles. The lowest BCUT2D eigenvalue weighted by Gasteiger charge is -2.27. The first-order chi connectivity index (χ1) is 16.6. The largest absolute Gasteiger partial charge is 0.486 e. The standard InChI is InChI=1S/C23H25N3O7S2/c1-34(28,29)24-22(16-5-3-2-4-6-16)23(27)25-12-17-14-26(15-18(17)13-25)35(30,31)19-7-8-20-21(11-19)33-10-9-32-20/h2-8,11,22,24H,9-10,12-15H2,1H3/t22-/m0/s1. The highest BCUT2D eigenvalue weighted by Crippen LogP contribution is 2.36. The van der Waals surface area contributed by atoms with E-state index < -0.39 is 26.1 Å². The lowest BCUT2D eigenvalue weighted by Crippen LogP contribution is -2.43. The molecule has 2 aromatic rings. The van der Waals surface area contributed by atoms with Gasteiger partial charge in [0, 0.05) is 32.2 Å². The molecule has 0 aromatic heterocycles. The Morgan fingerprint density at radius 2 is 1.51 bits per heavy atom. The van der Waals surface area contributed by atoms with Crippen LogP contribution in [0, 0.1) is 0 Å². The van der Waals surface area contributed by atoms with Crippen LogP contribution in [0.25, 0.3) is 0 Å². The van der Waals surface area contributed by atoms with Crippen molar-refractivity contribution in [3.05, 3.63) is 65.2 Å². The summed E-state index contributed by atoms with van der Waals surface area (Å²) < 4.78 is 65.2. The monoisotopic (exact) mass is 519 g/mol. The number of benzene rings is 2. The Balaban J connectivity index is 1.29. The third-order valence-electron chi connectivity index (χ3n) is 6.17. The Morgan fingerprint density at radius 1 is 0.886 bits per heavy atom. The maximum atomic E-state index is 13.3. The number of rotatable bonds is 6. The Morgan fingerprint density at radius 3 is 2.14 bits per heavy atom. The summed E-state index contributed by atoms with van der Waals surface area (Å²) in [5.41, 5.74) is 2.24. The quantitative estimate of drug-likeness (QED) is 0.563. The molecule has 1 amide bonds. The summed E-state index contributed by atoms with van der Waals surface area (Å²) in [4.78, 5) is 15.0. The molecule has 0 saturated heterocycles. The van der Waals surface area contributed by atoms with Crippen LogP contribution in [-0.4, -0.2) is 77.6 Å². The number of hydrogen-bond donors (Lipinski definition) is 1. The van der Waals surface area contributed by atoms with Crippen molar-refractivity contribution < 1.29 is 31.1 Å². The number of sulfonamides is 2. The molecule has 2 aromatic carbocycles. The zero-order chi connectivity index (χ0) is 24.8. The number of nitrogens with one attached hydrogen (secondary N) is 1. The first-order valence-electron chi connectivity index (χ1n) is 11.0. The van der Waals surface area contributed by atoms with E-state index in [0.29, 0.717) is 30.3 Å². The maximum Gasteiger partial charge on any atom is 0.245 e. The van der Waals surface area contributed by atoms with Gasteiger partial charge in [-0.2, -0.15) is 9.03 Å². The summed E-state index contributed by atoms with van der Waals surface area (Å²) in [6.45, 7) is 1.61. The lowest BCUT2D eigenvalue weighted by atomic mass is 10.1. The van der Waals surface area contributed by atoms with Gasteiger partial charge in [0.15, 0.2) is 11.5 Å². The van der Waals surface area contributed by atoms with Crippen LogP contribution in [0.4, 0.5) is 0 Å². The molecule has 1 atom stereocenters. The van der Waals surface area contributed by atoms with Crippen molar-refractivity contribution in [3.63, 3.8) is 0 Å². The zero-order valence-corrected chi connectivity index (χ0v) is 20.6. The van der Waals surface area contributed by atoms with Gasteiger partial charge < -0.3 is 14.4 Å². The Hall–Kier alpha value is -2.93. The molecule has 10 nitrogen and oxygen atoms in total. The second-order valence-corrected chi connectivity index (χ2v) is 12.4. The van der Waals surface area contributed by atoms with Crippen LogP contribution in [0.3, 0.4) is 0 Å². The molecule has 5 rings (SSSR count). The minimum Gasteiger partial charge on any atom is -0.486 e. The normalized spacial score (nSPS) is 19.1. The van der Waals surface area contributed by atoms with Crippen LogP contribution in [0.5, 0.6) is 11.5 Å². The van der Waals surface area contributed by atoms with Crippen molar-refractivity contribution >= 4 is 26.0 Å². The average molecular weight is 520 g/mol. The van der Waals surface area contributed by atoms with E-state index in [1.165, 1.54) is 16.4 Å². The molecule has 35 heavy (non-hydrogen) atoms. The summed E-state index contributed by atoms with van der Waals surface area (Å²) in [5.74, 6) is 0.540. The van der Waals surface area contributed by atoms with Gasteiger partial charge in [-0.3, -0.25) is 4.79 Å². The molecule has 1 N–H and O–H groups in total. The maximum absolute atomic E-state index is 13.3. The first kappa shape index (κ1) is 23.8. The van der Waals surface area contributed by atoms with Crippen molar-refractivity contribution in [2.24, 2.45) is 0 Å². The molecule has 3 aliphatic rings. The van der Waals surface area contributed by atoms with Gasteiger partial charge in [-0.15, -0.1) is 0 Å². The highest BCUT2D eigenvalue weighted by atomic mass is 32.2. The summed E-state index contributed by atoms with van der Waals surface area (Å²) in [6, 6.07) is 12.2. The number of carbonyl (C=O) groups is 1. The summed E-state index contributed by atoms with van der Waals surface area (Å²) in [6.07, 6.45) is 1.01. The van der Waals surface area contributed by atoms with Crippen LogP contribution >= 0.6 is 0 Å². The molecule has 0 aliphatic carbocycles. The average Bonchev–Trinajstić information content (AvgIpc) is 3.42. The van der Waals surface area contributed by atoms with E-state index in [1.807, 2.05) is 0 Å². The van der Waals surface area contributed by atoms with Gasteiger partial charge in [0.25, 0.3) is 0 Å². The summed E-state index contributed by atoms with van der Waals surface area (Å²) in [5, 5.41) is 0. The number of amides is 1. The smallest absolute Gasteiger partial charge is 0.245 e. The van der Waals surface area contributed by atoms with Gasteiger partial charge in [-0.05, 0) is 28.8 Å². The fourth-order valence-electron chi connectivity index (χ4n) is 4.51. The van der Waals surface area contributed by atoms with E-state index in [1.54, 1.807) is 41.3 Å². The third-order valence-corrected chi connectivity index (χ3v) is 8.62. The predicted molar refractivity (Wildman–Crippen MR) is 127 cm³/mol. The van der Waals surface area contributed by atoms with Crippen LogP contribution in [0.1, 0.15) is 11.6 Å². The highest BCUT2D eigenvalue weighted by molar-refractivity contribution is 7.89. The number of hydrogen-bond acceptors (Lipinski definition) is 7. The van der Waals surface area contributed by atoms with Crippen LogP contribution < -0.4 is 14.2 Å². The summed E-state index contributed by atoms with van der Waals surface area (Å²) >= 11 is 0. The van der Waals surface area contributed by atoms with E-state index >= 15 is 0 Å². The third kappa shape index (κ3) is 4.79. The molecule has 0 spiro atoms. The van der Waals surface area contributed by atoms with Crippen LogP contribution in [-0.2, 0) is 24.8 Å². The molecule has 3 heterocycles. The van der Waals surface area contributed by atoms with Crippen molar-refractivity contribution in [1.29, 1.82) is 0 Å². The predicted octanol–water partition coefficient (Wildman–Crippen LogP) is 0.891. The number of ether oxygens (including phenoxy) is 2. The first-order valence-corrected chi connectivity index (χ1v) is 14.4. The second-order valence-electron chi connectivity index (χ2n) is 8.71. The fourth-order valence-corrected chi connectivity index (χ4v) is 6.62. The van der Waals surface area contributed by atoms with Gasteiger partial charge in [0.1, 0.15) is 19.3 Å². The molecular formula is C23H25N3O7S2. The van der Waals surface area contributed by atoms with E-state index in [-0.39, 0.29) is 37.0 Å². The fraction of sp³-hybridized carbons (Fsp3) is 0.348. The van der Waals surface area contributed by atoms with Gasteiger partial charge in [-0.1, -0.05) is 30.3 Å². The number of carbonyl (C=O) groups excluding carboxylic acids is 1. The van der Waals surface area contributed by atoms with Crippen LogP contribution in [0.2, 0.25) is 0 Å². The molecule has 0 radical (unpaired) electrons. The van der Waals surface area contributed by atoms with Gasteiger partial charge in [0.05, 0.1) is 11.2 Å². The molecule has 12 heteroatoms. The van der Waals surface area contributed by atoms with Crippen molar-refractivity contribution in [1.82, 2.24) is 13.9 Å². The minimum atomic E-state index is -3.77. The molecule has 0 saturated carbocycles. The van der Waals surface area contributed by atoms with Gasteiger partial charge in [0.2, 0.25) is 26.0 Å². The molecule has 0 unspecified atom stereocenters.